The monoisotopic (exact) mass is 344 g/mol. The number of Topliss-reactive ketones (excluding diaryl/α,β-unsaturated/α-hetero) is 1. The van der Waals surface area contributed by atoms with Crippen LogP contribution < -0.4 is 4.57 Å². The molecule has 2 aromatic rings. The van der Waals surface area contributed by atoms with Crippen molar-refractivity contribution in [2.75, 3.05) is 0 Å². The van der Waals surface area contributed by atoms with Gasteiger partial charge in [-0.05, 0) is 34.1 Å². The molecule has 2 nitrogen and oxygen atoms in total. The van der Waals surface area contributed by atoms with Crippen LogP contribution in [0, 0.1) is 24.4 Å². The van der Waals surface area contributed by atoms with Crippen molar-refractivity contribution >= 4 is 21.7 Å². The molecule has 0 fully saturated rings. The summed E-state index contributed by atoms with van der Waals surface area (Å²) >= 11 is 3.32. The van der Waals surface area contributed by atoms with Crippen LogP contribution in [0.15, 0.2) is 34.9 Å². The average Bonchev–Trinajstić information content (AvgIpc) is 2.40. The lowest BCUT2D eigenvalue weighted by Gasteiger charge is -2.03. The molecule has 0 aliphatic heterocycles. The minimum Gasteiger partial charge on any atom is -0.287 e. The van der Waals surface area contributed by atoms with Crippen LogP contribution in [0.1, 0.15) is 16.1 Å². The van der Waals surface area contributed by atoms with Crippen molar-refractivity contribution in [3.8, 4) is 0 Å². The Morgan fingerprint density at radius 1 is 1.25 bits per heavy atom. The first-order valence-electron chi connectivity index (χ1n) is 5.72. The lowest BCUT2D eigenvalue weighted by Crippen LogP contribution is -2.40. The van der Waals surface area contributed by atoms with Crippen molar-refractivity contribution < 1.29 is 22.5 Å². The van der Waals surface area contributed by atoms with E-state index in [9.17, 15) is 18.0 Å². The Morgan fingerprint density at radius 2 is 1.85 bits per heavy atom. The van der Waals surface area contributed by atoms with E-state index in [1.165, 1.54) is 0 Å². The number of hydrogen-bond donors (Lipinski definition) is 0. The number of aromatic nitrogens is 1. The molecule has 0 amide bonds. The number of halogens is 4. The number of carbonyl (C=O) groups excluding carboxylic acids is 1. The van der Waals surface area contributed by atoms with Crippen LogP contribution in [0.25, 0.3) is 0 Å². The number of carbonyl (C=O) groups is 1. The normalized spacial score (nSPS) is 10.7. The Bertz CT molecular complexity index is 665. The second-order valence-electron chi connectivity index (χ2n) is 4.25. The summed E-state index contributed by atoms with van der Waals surface area (Å²) in [7, 11) is 0. The highest BCUT2D eigenvalue weighted by molar-refractivity contribution is 9.10. The lowest BCUT2D eigenvalue weighted by molar-refractivity contribution is -0.689. The van der Waals surface area contributed by atoms with Crippen molar-refractivity contribution in [1.29, 1.82) is 0 Å². The van der Waals surface area contributed by atoms with Gasteiger partial charge in [0.1, 0.15) is 0 Å². The smallest absolute Gasteiger partial charge is 0.227 e. The van der Waals surface area contributed by atoms with E-state index in [1.807, 2.05) is 6.07 Å². The molecule has 0 spiro atoms. The van der Waals surface area contributed by atoms with E-state index >= 15 is 0 Å². The molecule has 0 N–H and O–H groups in total. The quantitative estimate of drug-likeness (QED) is 0.475. The van der Waals surface area contributed by atoms with Gasteiger partial charge in [0.2, 0.25) is 12.3 Å². The molecule has 104 valence electrons. The SMILES string of the molecule is Cc1c(Br)ccc[n+]1CC(=O)c1cc(F)c(F)c(F)c1. The summed E-state index contributed by atoms with van der Waals surface area (Å²) in [5, 5.41) is 0. The van der Waals surface area contributed by atoms with Crippen molar-refractivity contribution in [3.63, 3.8) is 0 Å². The van der Waals surface area contributed by atoms with Crippen LogP contribution in [0.4, 0.5) is 13.2 Å². The highest BCUT2D eigenvalue weighted by atomic mass is 79.9. The molecule has 0 aliphatic rings. The molecule has 0 saturated heterocycles. The molecule has 1 aromatic heterocycles. The molecule has 0 unspecified atom stereocenters. The van der Waals surface area contributed by atoms with Gasteiger partial charge in [-0.3, -0.25) is 4.79 Å². The first-order valence-corrected chi connectivity index (χ1v) is 6.51. The Balaban J connectivity index is 2.31. The van der Waals surface area contributed by atoms with Gasteiger partial charge in [-0.25, -0.2) is 13.2 Å². The van der Waals surface area contributed by atoms with Gasteiger partial charge in [-0.1, -0.05) is 0 Å². The zero-order chi connectivity index (χ0) is 14.9. The van der Waals surface area contributed by atoms with E-state index in [2.05, 4.69) is 15.9 Å². The largest absolute Gasteiger partial charge is 0.287 e. The third-order valence-electron chi connectivity index (χ3n) is 2.90. The zero-order valence-electron chi connectivity index (χ0n) is 10.5. The van der Waals surface area contributed by atoms with Gasteiger partial charge in [-0.15, -0.1) is 0 Å². The molecule has 0 aliphatic carbocycles. The maximum absolute atomic E-state index is 13.1. The maximum Gasteiger partial charge on any atom is 0.227 e. The Kier molecular flexibility index (Phi) is 4.23. The van der Waals surface area contributed by atoms with E-state index in [0.717, 1.165) is 10.2 Å². The fourth-order valence-corrected chi connectivity index (χ4v) is 2.12. The highest BCUT2D eigenvalue weighted by Crippen LogP contribution is 2.15. The summed E-state index contributed by atoms with van der Waals surface area (Å²) in [6, 6.07) is 4.95. The number of ketones is 1. The molecule has 0 bridgehead atoms. The van der Waals surface area contributed by atoms with Crippen LogP contribution in [-0.2, 0) is 6.54 Å². The van der Waals surface area contributed by atoms with Crippen LogP contribution in [0.5, 0.6) is 0 Å². The number of nitrogens with zero attached hydrogens (tertiary/aromatic N) is 1. The molecule has 0 saturated carbocycles. The topological polar surface area (TPSA) is 20.9 Å². The summed E-state index contributed by atoms with van der Waals surface area (Å²) in [4.78, 5) is 12.0. The number of benzene rings is 1. The second-order valence-corrected chi connectivity index (χ2v) is 5.10. The summed E-state index contributed by atoms with van der Waals surface area (Å²) in [5.41, 5.74) is 0.595. The Labute approximate surface area is 122 Å². The molecule has 20 heavy (non-hydrogen) atoms. The van der Waals surface area contributed by atoms with E-state index in [-0.39, 0.29) is 12.1 Å². The summed E-state index contributed by atoms with van der Waals surface area (Å²) in [5.74, 6) is -4.82. The van der Waals surface area contributed by atoms with Gasteiger partial charge in [0, 0.05) is 18.6 Å². The summed E-state index contributed by atoms with van der Waals surface area (Å²) < 4.78 is 41.5. The minimum absolute atomic E-state index is 0.0875. The van der Waals surface area contributed by atoms with Gasteiger partial charge in [0.25, 0.3) is 0 Å². The predicted molar refractivity (Wildman–Crippen MR) is 69.7 cm³/mol. The van der Waals surface area contributed by atoms with Crippen LogP contribution in [0.3, 0.4) is 0 Å². The molecule has 0 atom stereocenters. The Morgan fingerprint density at radius 3 is 2.45 bits per heavy atom. The number of hydrogen-bond acceptors (Lipinski definition) is 1. The number of pyridine rings is 1. The lowest BCUT2D eigenvalue weighted by atomic mass is 10.1. The third-order valence-corrected chi connectivity index (χ3v) is 3.74. The molecule has 6 heteroatoms. The van der Waals surface area contributed by atoms with E-state index in [1.54, 1.807) is 23.8 Å². The van der Waals surface area contributed by atoms with Crippen molar-refractivity contribution in [2.24, 2.45) is 0 Å². The van der Waals surface area contributed by atoms with Crippen LogP contribution in [0.2, 0.25) is 0 Å². The van der Waals surface area contributed by atoms with E-state index in [0.29, 0.717) is 12.1 Å². The minimum atomic E-state index is -1.58. The average molecular weight is 345 g/mol. The molecular weight excluding hydrogens is 335 g/mol. The van der Waals surface area contributed by atoms with Gasteiger partial charge in [0.15, 0.2) is 29.3 Å². The highest BCUT2D eigenvalue weighted by Gasteiger charge is 2.19. The Hall–Kier alpha value is -1.69. The summed E-state index contributed by atoms with van der Waals surface area (Å²) in [6.07, 6.45) is 1.67. The molecular formula is C14H10BrF3NO+. The standard InChI is InChI=1S/C14H10BrF3NO/c1-8-10(15)3-2-4-19(8)7-13(20)9-5-11(16)14(18)12(17)6-9/h2-6H,7H2,1H3/q+1. The fourth-order valence-electron chi connectivity index (χ4n) is 1.73. The summed E-state index contributed by atoms with van der Waals surface area (Å²) in [6.45, 7) is 1.71. The van der Waals surface area contributed by atoms with Crippen LogP contribution >= 0.6 is 15.9 Å². The maximum atomic E-state index is 13.1. The third kappa shape index (κ3) is 2.90. The van der Waals surface area contributed by atoms with E-state index in [4.69, 9.17) is 0 Å². The predicted octanol–water partition coefficient (Wildman–Crippen LogP) is 3.35. The zero-order valence-corrected chi connectivity index (χ0v) is 12.0. The van der Waals surface area contributed by atoms with Crippen molar-refractivity contribution in [1.82, 2.24) is 0 Å². The first-order chi connectivity index (χ1) is 9.40. The molecule has 0 radical (unpaired) electrons. The van der Waals surface area contributed by atoms with Gasteiger partial charge < -0.3 is 0 Å². The van der Waals surface area contributed by atoms with Gasteiger partial charge in [0.05, 0.1) is 4.47 Å². The molecule has 1 heterocycles. The van der Waals surface area contributed by atoms with Gasteiger partial charge in [-0.2, -0.15) is 4.57 Å². The van der Waals surface area contributed by atoms with Crippen LogP contribution in [-0.4, -0.2) is 5.78 Å². The van der Waals surface area contributed by atoms with Gasteiger partial charge >= 0.3 is 0 Å². The van der Waals surface area contributed by atoms with E-state index < -0.39 is 23.2 Å². The molecule has 1 aromatic carbocycles. The first kappa shape index (κ1) is 14.7. The number of rotatable bonds is 3. The molecule has 2 rings (SSSR count). The van der Waals surface area contributed by atoms with Crippen molar-refractivity contribution in [3.05, 3.63) is 63.6 Å². The fraction of sp³-hybridized carbons (Fsp3) is 0.143. The second kappa shape index (κ2) is 5.75. The van der Waals surface area contributed by atoms with Crippen molar-refractivity contribution in [2.45, 2.75) is 13.5 Å².